The third-order valence-electron chi connectivity index (χ3n) is 2.93. The molecule has 20 heavy (non-hydrogen) atoms. The van der Waals surface area contributed by atoms with E-state index in [1.165, 1.54) is 0 Å². The lowest BCUT2D eigenvalue weighted by Crippen LogP contribution is -2.28. The van der Waals surface area contributed by atoms with Crippen LogP contribution in [0.5, 0.6) is 5.75 Å². The number of nitrogen functional groups attached to an aromatic ring is 1. The molecule has 0 unspecified atom stereocenters. The van der Waals surface area contributed by atoms with Gasteiger partial charge in [-0.05, 0) is 42.8 Å². The molecule has 0 aliphatic carbocycles. The molecule has 2 rings (SSSR count). The summed E-state index contributed by atoms with van der Waals surface area (Å²) in [5.74, 6) is 0.661. The second-order valence-corrected chi connectivity index (χ2v) is 4.49. The Balaban J connectivity index is 1.77. The molecule has 2 aromatic rings. The van der Waals surface area contributed by atoms with Gasteiger partial charge in [0.1, 0.15) is 12.4 Å². The van der Waals surface area contributed by atoms with Gasteiger partial charge in [-0.15, -0.1) is 0 Å². The van der Waals surface area contributed by atoms with Gasteiger partial charge >= 0.3 is 0 Å². The van der Waals surface area contributed by atoms with E-state index < -0.39 is 0 Å². The lowest BCUT2D eigenvalue weighted by atomic mass is 10.1. The summed E-state index contributed by atoms with van der Waals surface area (Å²) < 4.78 is 5.51. The fourth-order valence-corrected chi connectivity index (χ4v) is 1.82. The summed E-state index contributed by atoms with van der Waals surface area (Å²) in [5.41, 5.74) is 7.94. The number of nitrogens with two attached hydrogens (primary N) is 1. The standard InChI is InChI=1S/C16H18N2O2/c1-12-4-2-3-5-15(12)16(19)18-10-11-20-14-8-6-13(17)7-9-14/h2-9H,10-11,17H2,1H3,(H,18,19). The minimum absolute atomic E-state index is 0.0796. The number of benzene rings is 2. The summed E-state index contributed by atoms with van der Waals surface area (Å²) >= 11 is 0. The van der Waals surface area contributed by atoms with Crippen molar-refractivity contribution in [3.8, 4) is 5.75 Å². The molecule has 0 aliphatic rings. The Morgan fingerprint density at radius 1 is 1.15 bits per heavy atom. The first kappa shape index (κ1) is 13.9. The van der Waals surface area contributed by atoms with Crippen LogP contribution in [0.25, 0.3) is 0 Å². The van der Waals surface area contributed by atoms with Crippen molar-refractivity contribution in [3.63, 3.8) is 0 Å². The van der Waals surface area contributed by atoms with E-state index in [4.69, 9.17) is 10.5 Å². The molecule has 0 heterocycles. The number of hydrogen-bond donors (Lipinski definition) is 2. The van der Waals surface area contributed by atoms with Crippen LogP contribution in [0, 0.1) is 6.92 Å². The van der Waals surface area contributed by atoms with E-state index in [9.17, 15) is 4.79 Å². The molecule has 3 N–H and O–H groups in total. The van der Waals surface area contributed by atoms with Crippen LogP contribution >= 0.6 is 0 Å². The number of rotatable bonds is 5. The lowest BCUT2D eigenvalue weighted by molar-refractivity contribution is 0.0946. The molecule has 0 fully saturated rings. The monoisotopic (exact) mass is 270 g/mol. The Bertz CT molecular complexity index is 579. The molecule has 0 aliphatic heterocycles. The first-order valence-corrected chi connectivity index (χ1v) is 6.49. The fourth-order valence-electron chi connectivity index (χ4n) is 1.82. The molecule has 0 saturated carbocycles. The van der Waals surface area contributed by atoms with Crippen LogP contribution in [0.4, 0.5) is 5.69 Å². The van der Waals surface area contributed by atoms with Gasteiger partial charge in [-0.1, -0.05) is 18.2 Å². The first-order chi connectivity index (χ1) is 9.66. The van der Waals surface area contributed by atoms with Gasteiger partial charge < -0.3 is 15.8 Å². The molecule has 0 aromatic heterocycles. The number of aryl methyl sites for hydroxylation is 1. The van der Waals surface area contributed by atoms with Crippen molar-refractivity contribution >= 4 is 11.6 Å². The third-order valence-corrected chi connectivity index (χ3v) is 2.93. The molecule has 2 aromatic carbocycles. The number of carbonyl (C=O) groups excluding carboxylic acids is 1. The van der Waals surface area contributed by atoms with Gasteiger partial charge in [0.25, 0.3) is 5.91 Å². The minimum atomic E-state index is -0.0796. The first-order valence-electron chi connectivity index (χ1n) is 6.49. The van der Waals surface area contributed by atoms with Crippen LogP contribution in [-0.4, -0.2) is 19.1 Å². The highest BCUT2D eigenvalue weighted by atomic mass is 16.5. The summed E-state index contributed by atoms with van der Waals surface area (Å²) in [4.78, 5) is 11.9. The lowest BCUT2D eigenvalue weighted by Gasteiger charge is -2.09. The number of ether oxygens (including phenoxy) is 1. The molecule has 0 radical (unpaired) electrons. The van der Waals surface area contributed by atoms with E-state index in [-0.39, 0.29) is 5.91 Å². The van der Waals surface area contributed by atoms with Crippen molar-refractivity contribution < 1.29 is 9.53 Å². The fraction of sp³-hybridized carbons (Fsp3) is 0.188. The van der Waals surface area contributed by atoms with Gasteiger partial charge in [-0.3, -0.25) is 4.79 Å². The highest BCUT2D eigenvalue weighted by Gasteiger charge is 2.06. The maximum Gasteiger partial charge on any atom is 0.251 e. The Labute approximate surface area is 118 Å². The van der Waals surface area contributed by atoms with Crippen LogP contribution in [0.2, 0.25) is 0 Å². The Kier molecular flexibility index (Phi) is 4.60. The molecule has 0 atom stereocenters. The van der Waals surface area contributed by atoms with Gasteiger partial charge in [-0.2, -0.15) is 0 Å². The largest absolute Gasteiger partial charge is 0.492 e. The summed E-state index contributed by atoms with van der Waals surface area (Å²) in [5, 5.41) is 2.83. The average Bonchev–Trinajstić information content (AvgIpc) is 2.46. The van der Waals surface area contributed by atoms with E-state index >= 15 is 0 Å². The van der Waals surface area contributed by atoms with Crippen LogP contribution in [-0.2, 0) is 0 Å². The number of nitrogens with one attached hydrogen (secondary N) is 1. The Morgan fingerprint density at radius 2 is 1.85 bits per heavy atom. The maximum atomic E-state index is 11.9. The summed E-state index contributed by atoms with van der Waals surface area (Å²) in [6, 6.07) is 14.7. The molecule has 0 saturated heterocycles. The molecular formula is C16H18N2O2. The van der Waals surface area contributed by atoms with Gasteiger partial charge in [0.2, 0.25) is 0 Å². The SMILES string of the molecule is Cc1ccccc1C(=O)NCCOc1ccc(N)cc1. The third kappa shape index (κ3) is 3.75. The number of anilines is 1. The van der Waals surface area contributed by atoms with Crippen molar-refractivity contribution in [1.29, 1.82) is 0 Å². The van der Waals surface area contributed by atoms with Gasteiger partial charge in [0.05, 0.1) is 6.54 Å². The molecule has 4 heteroatoms. The number of hydrogen-bond acceptors (Lipinski definition) is 3. The zero-order chi connectivity index (χ0) is 14.4. The topological polar surface area (TPSA) is 64.3 Å². The number of amides is 1. The predicted molar refractivity (Wildman–Crippen MR) is 79.9 cm³/mol. The smallest absolute Gasteiger partial charge is 0.251 e. The van der Waals surface area contributed by atoms with Gasteiger partial charge in [-0.25, -0.2) is 0 Å². The zero-order valence-electron chi connectivity index (χ0n) is 11.4. The summed E-state index contributed by atoms with van der Waals surface area (Å²) in [7, 11) is 0. The van der Waals surface area contributed by atoms with E-state index in [1.807, 2.05) is 31.2 Å². The van der Waals surface area contributed by atoms with Crippen LogP contribution in [0.15, 0.2) is 48.5 Å². The van der Waals surface area contributed by atoms with Crippen molar-refractivity contribution in [2.24, 2.45) is 0 Å². The molecule has 0 spiro atoms. The van der Waals surface area contributed by atoms with E-state index in [0.29, 0.717) is 24.4 Å². The quantitative estimate of drug-likeness (QED) is 0.647. The zero-order valence-corrected chi connectivity index (χ0v) is 11.4. The molecule has 0 bridgehead atoms. The van der Waals surface area contributed by atoms with Crippen LogP contribution in [0.3, 0.4) is 0 Å². The van der Waals surface area contributed by atoms with Crippen molar-refractivity contribution in [2.45, 2.75) is 6.92 Å². The minimum Gasteiger partial charge on any atom is -0.492 e. The van der Waals surface area contributed by atoms with Gasteiger partial charge in [0.15, 0.2) is 0 Å². The van der Waals surface area contributed by atoms with Crippen LogP contribution in [0.1, 0.15) is 15.9 Å². The predicted octanol–water partition coefficient (Wildman–Crippen LogP) is 2.39. The normalized spacial score (nSPS) is 10.1. The highest BCUT2D eigenvalue weighted by molar-refractivity contribution is 5.95. The molecule has 4 nitrogen and oxygen atoms in total. The highest BCUT2D eigenvalue weighted by Crippen LogP contribution is 2.12. The maximum absolute atomic E-state index is 11.9. The molecule has 104 valence electrons. The van der Waals surface area contributed by atoms with E-state index in [0.717, 1.165) is 11.3 Å². The summed E-state index contributed by atoms with van der Waals surface area (Å²) in [6.07, 6.45) is 0. The number of carbonyl (C=O) groups is 1. The summed E-state index contributed by atoms with van der Waals surface area (Å²) in [6.45, 7) is 2.79. The second-order valence-electron chi connectivity index (χ2n) is 4.49. The van der Waals surface area contributed by atoms with Crippen molar-refractivity contribution in [2.75, 3.05) is 18.9 Å². The van der Waals surface area contributed by atoms with Crippen molar-refractivity contribution in [3.05, 3.63) is 59.7 Å². The average molecular weight is 270 g/mol. The molecule has 1 amide bonds. The van der Waals surface area contributed by atoms with Crippen molar-refractivity contribution in [1.82, 2.24) is 5.32 Å². The van der Waals surface area contributed by atoms with E-state index in [1.54, 1.807) is 24.3 Å². The Morgan fingerprint density at radius 3 is 2.55 bits per heavy atom. The Hall–Kier alpha value is -2.49. The van der Waals surface area contributed by atoms with Gasteiger partial charge in [0, 0.05) is 11.3 Å². The van der Waals surface area contributed by atoms with E-state index in [2.05, 4.69) is 5.32 Å². The molecular weight excluding hydrogens is 252 g/mol. The van der Waals surface area contributed by atoms with Crippen LogP contribution < -0.4 is 15.8 Å². The second kappa shape index (κ2) is 6.61.